The summed E-state index contributed by atoms with van der Waals surface area (Å²) >= 11 is 0. The maximum absolute atomic E-state index is 12.9. The fourth-order valence-corrected chi connectivity index (χ4v) is 2.81. The summed E-state index contributed by atoms with van der Waals surface area (Å²) in [6.07, 6.45) is -4.57. The van der Waals surface area contributed by atoms with Crippen molar-refractivity contribution < 1.29 is 27.5 Å². The zero-order valence-corrected chi connectivity index (χ0v) is 15.1. The number of aryl methyl sites for hydroxylation is 1. The molecule has 5 nitrogen and oxygen atoms in total. The second-order valence-corrected chi connectivity index (χ2v) is 6.18. The zero-order chi connectivity index (χ0) is 20.5. The average Bonchev–Trinajstić information content (AvgIpc) is 2.99. The van der Waals surface area contributed by atoms with Gasteiger partial charge in [-0.3, -0.25) is 4.79 Å². The lowest BCUT2D eigenvalue weighted by molar-refractivity contribution is -0.137. The Bertz CT molecular complexity index is 1050. The Morgan fingerprint density at radius 3 is 2.57 bits per heavy atom. The minimum Gasteiger partial charge on any atom is -0.461 e. The van der Waals surface area contributed by atoms with Crippen molar-refractivity contribution in [2.75, 3.05) is 11.9 Å². The normalized spacial score (nSPS) is 11.5. The first-order valence-electron chi connectivity index (χ1n) is 8.48. The SMILES string of the molecule is CCOC(=O)c1[nH]c2ccc(C)cc2c1NC(=O)c1cccc(C(F)(F)F)c1. The van der Waals surface area contributed by atoms with E-state index in [1.807, 2.05) is 13.0 Å². The van der Waals surface area contributed by atoms with Gasteiger partial charge in [-0.1, -0.05) is 17.7 Å². The van der Waals surface area contributed by atoms with Gasteiger partial charge in [0.25, 0.3) is 5.91 Å². The number of benzene rings is 2. The van der Waals surface area contributed by atoms with E-state index < -0.39 is 23.6 Å². The monoisotopic (exact) mass is 390 g/mol. The Hall–Kier alpha value is -3.29. The highest BCUT2D eigenvalue weighted by Gasteiger charge is 2.31. The summed E-state index contributed by atoms with van der Waals surface area (Å²) in [5.74, 6) is -1.44. The Labute approximate surface area is 158 Å². The van der Waals surface area contributed by atoms with Crippen molar-refractivity contribution in [2.24, 2.45) is 0 Å². The fraction of sp³-hybridized carbons (Fsp3) is 0.200. The highest BCUT2D eigenvalue weighted by atomic mass is 19.4. The number of anilines is 1. The van der Waals surface area contributed by atoms with E-state index in [4.69, 9.17) is 4.74 Å². The van der Waals surface area contributed by atoms with Crippen LogP contribution in [0.1, 0.15) is 38.9 Å². The van der Waals surface area contributed by atoms with Gasteiger partial charge >= 0.3 is 12.1 Å². The molecule has 1 heterocycles. The molecule has 0 atom stereocenters. The number of nitrogens with one attached hydrogen (secondary N) is 2. The number of aromatic amines is 1. The summed E-state index contributed by atoms with van der Waals surface area (Å²) in [5, 5.41) is 3.12. The van der Waals surface area contributed by atoms with Crippen LogP contribution < -0.4 is 5.32 Å². The molecule has 0 radical (unpaired) electrons. The molecule has 0 fully saturated rings. The first-order chi connectivity index (χ1) is 13.2. The molecule has 146 valence electrons. The number of fused-ring (bicyclic) bond motifs is 1. The molecular formula is C20H17F3N2O3. The highest BCUT2D eigenvalue weighted by molar-refractivity contribution is 6.14. The second-order valence-electron chi connectivity index (χ2n) is 6.18. The van der Waals surface area contributed by atoms with Crippen molar-refractivity contribution in [1.29, 1.82) is 0 Å². The van der Waals surface area contributed by atoms with E-state index in [0.717, 1.165) is 23.8 Å². The van der Waals surface area contributed by atoms with Gasteiger partial charge in [0, 0.05) is 16.5 Å². The minimum atomic E-state index is -4.57. The van der Waals surface area contributed by atoms with Gasteiger partial charge in [0.2, 0.25) is 0 Å². The third-order valence-electron chi connectivity index (χ3n) is 4.12. The van der Waals surface area contributed by atoms with Gasteiger partial charge in [0.05, 0.1) is 17.9 Å². The zero-order valence-electron chi connectivity index (χ0n) is 15.1. The summed E-state index contributed by atoms with van der Waals surface area (Å²) in [5.41, 5.74) is 0.569. The van der Waals surface area contributed by atoms with E-state index in [1.54, 1.807) is 19.1 Å². The number of alkyl halides is 3. The molecule has 0 aliphatic carbocycles. The number of hydrogen-bond donors (Lipinski definition) is 2. The van der Waals surface area contributed by atoms with Crippen LogP contribution in [-0.2, 0) is 10.9 Å². The predicted octanol–water partition coefficient (Wildman–Crippen LogP) is 4.92. The smallest absolute Gasteiger partial charge is 0.416 e. The fourth-order valence-electron chi connectivity index (χ4n) is 2.81. The van der Waals surface area contributed by atoms with E-state index in [1.165, 1.54) is 6.07 Å². The number of aromatic nitrogens is 1. The van der Waals surface area contributed by atoms with Crippen molar-refractivity contribution in [3.8, 4) is 0 Å². The summed E-state index contributed by atoms with van der Waals surface area (Å²) in [6.45, 7) is 3.62. The number of carbonyl (C=O) groups excluding carboxylic acids is 2. The van der Waals surface area contributed by atoms with E-state index in [-0.39, 0.29) is 23.6 Å². The third-order valence-corrected chi connectivity index (χ3v) is 4.12. The number of rotatable bonds is 4. The molecule has 3 aromatic rings. The van der Waals surface area contributed by atoms with Crippen molar-refractivity contribution in [3.05, 3.63) is 64.8 Å². The van der Waals surface area contributed by atoms with Crippen LogP contribution >= 0.6 is 0 Å². The summed E-state index contributed by atoms with van der Waals surface area (Å²) in [7, 11) is 0. The standard InChI is InChI=1S/C20H17F3N2O3/c1-3-28-19(27)17-16(14-9-11(2)7-8-15(14)24-17)25-18(26)12-5-4-6-13(10-12)20(21,22)23/h4-10,24H,3H2,1-2H3,(H,25,26). The molecular weight excluding hydrogens is 373 g/mol. The van der Waals surface area contributed by atoms with Gasteiger partial charge in [0.1, 0.15) is 5.69 Å². The van der Waals surface area contributed by atoms with Crippen LogP contribution in [0.15, 0.2) is 42.5 Å². The van der Waals surface area contributed by atoms with Crippen LogP contribution in [0.5, 0.6) is 0 Å². The molecule has 0 unspecified atom stereocenters. The maximum Gasteiger partial charge on any atom is 0.416 e. The lowest BCUT2D eigenvalue weighted by Crippen LogP contribution is -2.16. The summed E-state index contributed by atoms with van der Waals surface area (Å²) in [6, 6.07) is 9.41. The van der Waals surface area contributed by atoms with Gasteiger partial charge in [0.15, 0.2) is 0 Å². The number of carbonyl (C=O) groups is 2. The van der Waals surface area contributed by atoms with Crippen LogP contribution in [-0.4, -0.2) is 23.5 Å². The molecule has 0 saturated carbocycles. The first-order valence-corrected chi connectivity index (χ1v) is 8.48. The van der Waals surface area contributed by atoms with Crippen molar-refractivity contribution in [1.82, 2.24) is 4.98 Å². The Kier molecular flexibility index (Phi) is 5.13. The van der Waals surface area contributed by atoms with Gasteiger partial charge < -0.3 is 15.0 Å². The number of ether oxygens (including phenoxy) is 1. The third kappa shape index (κ3) is 3.85. The largest absolute Gasteiger partial charge is 0.461 e. The molecule has 0 spiro atoms. The summed E-state index contributed by atoms with van der Waals surface area (Å²) in [4.78, 5) is 27.8. The topological polar surface area (TPSA) is 71.2 Å². The van der Waals surface area contributed by atoms with E-state index in [0.29, 0.717) is 10.9 Å². The maximum atomic E-state index is 12.9. The Morgan fingerprint density at radius 2 is 1.89 bits per heavy atom. The second kappa shape index (κ2) is 7.38. The molecule has 0 aliphatic rings. The molecule has 1 aromatic heterocycles. The van der Waals surface area contributed by atoms with Gasteiger partial charge in [-0.05, 0) is 44.2 Å². The molecule has 0 saturated heterocycles. The van der Waals surface area contributed by atoms with Crippen LogP contribution in [0, 0.1) is 6.92 Å². The van der Waals surface area contributed by atoms with Crippen molar-refractivity contribution in [2.45, 2.75) is 20.0 Å². The number of H-pyrrole nitrogens is 1. The Morgan fingerprint density at radius 1 is 1.14 bits per heavy atom. The minimum absolute atomic E-state index is 0.0303. The quantitative estimate of drug-likeness (QED) is 0.621. The molecule has 2 aromatic carbocycles. The molecule has 8 heteroatoms. The van der Waals surface area contributed by atoms with Crippen LogP contribution in [0.2, 0.25) is 0 Å². The summed E-state index contributed by atoms with van der Waals surface area (Å²) < 4.78 is 43.8. The van der Waals surface area contributed by atoms with Crippen molar-refractivity contribution in [3.63, 3.8) is 0 Å². The van der Waals surface area contributed by atoms with Gasteiger partial charge in [-0.15, -0.1) is 0 Å². The average molecular weight is 390 g/mol. The number of hydrogen-bond acceptors (Lipinski definition) is 3. The van der Waals surface area contributed by atoms with Crippen LogP contribution in [0.4, 0.5) is 18.9 Å². The first kappa shape index (κ1) is 19.5. The highest BCUT2D eigenvalue weighted by Crippen LogP contribution is 2.32. The molecule has 0 aliphatic heterocycles. The lowest BCUT2D eigenvalue weighted by Gasteiger charge is -2.10. The molecule has 3 rings (SSSR count). The van der Waals surface area contributed by atoms with Crippen LogP contribution in [0.25, 0.3) is 10.9 Å². The van der Waals surface area contributed by atoms with Gasteiger partial charge in [-0.2, -0.15) is 13.2 Å². The van der Waals surface area contributed by atoms with Crippen LogP contribution in [0.3, 0.4) is 0 Å². The lowest BCUT2D eigenvalue weighted by atomic mass is 10.1. The number of amides is 1. The van der Waals surface area contributed by atoms with E-state index in [2.05, 4.69) is 10.3 Å². The van der Waals surface area contributed by atoms with Crippen molar-refractivity contribution >= 4 is 28.5 Å². The molecule has 1 amide bonds. The predicted molar refractivity (Wildman–Crippen MR) is 98.4 cm³/mol. The van der Waals surface area contributed by atoms with E-state index >= 15 is 0 Å². The molecule has 0 bridgehead atoms. The Balaban J connectivity index is 2.03. The molecule has 28 heavy (non-hydrogen) atoms. The molecule has 2 N–H and O–H groups in total. The van der Waals surface area contributed by atoms with Gasteiger partial charge in [-0.25, -0.2) is 4.79 Å². The number of halogens is 3. The van der Waals surface area contributed by atoms with E-state index in [9.17, 15) is 22.8 Å². The number of esters is 1.